The molecule has 1 fully saturated rings. The second-order valence-corrected chi connectivity index (χ2v) is 6.19. The summed E-state index contributed by atoms with van der Waals surface area (Å²) in [5.41, 5.74) is 3.86. The van der Waals surface area contributed by atoms with Gasteiger partial charge < -0.3 is 4.98 Å². The molecule has 0 amide bonds. The fourth-order valence-corrected chi connectivity index (χ4v) is 3.48. The number of nitrogens with one attached hydrogen (secondary N) is 1. The van der Waals surface area contributed by atoms with Crippen molar-refractivity contribution >= 4 is 16.7 Å². The van der Waals surface area contributed by atoms with Gasteiger partial charge in [0.25, 0.3) is 0 Å². The van der Waals surface area contributed by atoms with Crippen LogP contribution in [0.1, 0.15) is 23.2 Å². The topological polar surface area (TPSA) is 36.1 Å². The van der Waals surface area contributed by atoms with Crippen molar-refractivity contribution in [2.75, 3.05) is 19.6 Å². The van der Waals surface area contributed by atoms with Crippen LogP contribution in [-0.4, -0.2) is 35.3 Å². The first-order chi connectivity index (χ1) is 11.3. The van der Waals surface area contributed by atoms with E-state index in [1.54, 1.807) is 0 Å². The molecule has 1 aromatic heterocycles. The Morgan fingerprint density at radius 3 is 2.43 bits per heavy atom. The molecule has 2 heterocycles. The minimum atomic E-state index is 0.211. The summed E-state index contributed by atoms with van der Waals surface area (Å²) in [6.45, 7) is 2.59. The molecule has 1 saturated heterocycles. The van der Waals surface area contributed by atoms with E-state index in [4.69, 9.17) is 0 Å². The lowest BCUT2D eigenvalue weighted by molar-refractivity contribution is 0.0947. The Labute approximate surface area is 135 Å². The van der Waals surface area contributed by atoms with Crippen molar-refractivity contribution < 1.29 is 4.79 Å². The number of H-pyrrole nitrogens is 1. The molecule has 0 aliphatic carbocycles. The van der Waals surface area contributed by atoms with Gasteiger partial charge in [0.2, 0.25) is 0 Å². The number of benzene rings is 2. The van der Waals surface area contributed by atoms with Gasteiger partial charge in [-0.05, 0) is 37.6 Å². The number of Topliss-reactive ketones (excluding diaryl/α,β-unsaturated/α-hetero) is 1. The number of hydrogen-bond acceptors (Lipinski definition) is 2. The van der Waals surface area contributed by atoms with Crippen molar-refractivity contribution in [2.24, 2.45) is 0 Å². The highest BCUT2D eigenvalue weighted by molar-refractivity contribution is 6.14. The Kier molecular flexibility index (Phi) is 3.72. The molecule has 0 radical (unpaired) electrons. The van der Waals surface area contributed by atoms with E-state index in [9.17, 15) is 4.79 Å². The van der Waals surface area contributed by atoms with Crippen molar-refractivity contribution in [1.29, 1.82) is 0 Å². The van der Waals surface area contributed by atoms with E-state index in [0.29, 0.717) is 6.54 Å². The maximum Gasteiger partial charge on any atom is 0.179 e. The van der Waals surface area contributed by atoms with Crippen molar-refractivity contribution in [3.05, 3.63) is 60.2 Å². The number of carbonyl (C=O) groups excluding carboxylic acids is 1. The Bertz CT molecular complexity index is 829. The fraction of sp³-hybridized carbons (Fsp3) is 0.250. The van der Waals surface area contributed by atoms with Crippen LogP contribution >= 0.6 is 0 Å². The van der Waals surface area contributed by atoms with Gasteiger partial charge in [-0.15, -0.1) is 0 Å². The third-order valence-electron chi connectivity index (χ3n) is 4.61. The minimum Gasteiger partial charge on any atom is -0.354 e. The zero-order valence-corrected chi connectivity index (χ0v) is 13.1. The maximum absolute atomic E-state index is 13.0. The number of likely N-dealkylation sites (tertiary alicyclic amines) is 1. The lowest BCUT2D eigenvalue weighted by Gasteiger charge is -2.14. The summed E-state index contributed by atoms with van der Waals surface area (Å²) in [6, 6.07) is 18.2. The van der Waals surface area contributed by atoms with Crippen LogP contribution in [0.25, 0.3) is 22.2 Å². The van der Waals surface area contributed by atoms with E-state index < -0.39 is 0 Å². The van der Waals surface area contributed by atoms with Crippen LogP contribution in [0, 0.1) is 0 Å². The number of aromatic amines is 1. The highest BCUT2D eigenvalue weighted by atomic mass is 16.1. The second-order valence-electron chi connectivity index (χ2n) is 6.19. The molecule has 0 spiro atoms. The van der Waals surface area contributed by atoms with E-state index in [1.807, 2.05) is 42.5 Å². The highest BCUT2D eigenvalue weighted by Crippen LogP contribution is 2.31. The lowest BCUT2D eigenvalue weighted by Crippen LogP contribution is -2.27. The van der Waals surface area contributed by atoms with Crippen molar-refractivity contribution in [2.45, 2.75) is 12.8 Å². The van der Waals surface area contributed by atoms with E-state index in [2.05, 4.69) is 22.0 Å². The highest BCUT2D eigenvalue weighted by Gasteiger charge is 2.22. The van der Waals surface area contributed by atoms with Gasteiger partial charge in [0.15, 0.2) is 5.78 Å². The molecule has 2 aromatic carbocycles. The molecule has 116 valence electrons. The van der Waals surface area contributed by atoms with Gasteiger partial charge >= 0.3 is 0 Å². The molecular formula is C20H20N2O. The molecule has 1 aliphatic rings. The Morgan fingerprint density at radius 1 is 0.957 bits per heavy atom. The van der Waals surface area contributed by atoms with Crippen LogP contribution in [0.15, 0.2) is 54.6 Å². The average molecular weight is 304 g/mol. The number of nitrogens with zero attached hydrogens (tertiary/aromatic N) is 1. The van der Waals surface area contributed by atoms with E-state index in [-0.39, 0.29) is 5.78 Å². The first-order valence-corrected chi connectivity index (χ1v) is 8.24. The molecule has 3 aromatic rings. The first-order valence-electron chi connectivity index (χ1n) is 8.24. The minimum absolute atomic E-state index is 0.211. The van der Waals surface area contributed by atoms with E-state index >= 15 is 0 Å². The Morgan fingerprint density at radius 2 is 1.65 bits per heavy atom. The molecule has 3 nitrogen and oxygen atoms in total. The van der Waals surface area contributed by atoms with Crippen LogP contribution in [0.3, 0.4) is 0 Å². The fourth-order valence-electron chi connectivity index (χ4n) is 3.48. The van der Waals surface area contributed by atoms with Gasteiger partial charge in [-0.3, -0.25) is 9.69 Å². The van der Waals surface area contributed by atoms with Crippen LogP contribution in [0.5, 0.6) is 0 Å². The number of ketones is 1. The normalized spacial score (nSPS) is 15.3. The van der Waals surface area contributed by atoms with Crippen molar-refractivity contribution in [3.8, 4) is 11.3 Å². The quantitative estimate of drug-likeness (QED) is 0.736. The number of fused-ring (bicyclic) bond motifs is 1. The van der Waals surface area contributed by atoms with E-state index in [1.165, 1.54) is 12.8 Å². The van der Waals surface area contributed by atoms with Gasteiger partial charge in [-0.2, -0.15) is 0 Å². The van der Waals surface area contributed by atoms with Crippen LogP contribution in [0.2, 0.25) is 0 Å². The van der Waals surface area contributed by atoms with Gasteiger partial charge in [-0.25, -0.2) is 0 Å². The molecule has 0 bridgehead atoms. The number of carbonyl (C=O) groups is 1. The summed E-state index contributed by atoms with van der Waals surface area (Å²) in [6.07, 6.45) is 2.40. The molecule has 0 saturated carbocycles. The lowest BCUT2D eigenvalue weighted by atomic mass is 10.0. The van der Waals surface area contributed by atoms with E-state index in [0.717, 1.165) is 40.8 Å². The second kappa shape index (κ2) is 6.01. The van der Waals surface area contributed by atoms with Gasteiger partial charge in [0.1, 0.15) is 0 Å². The third kappa shape index (κ3) is 2.68. The smallest absolute Gasteiger partial charge is 0.179 e. The average Bonchev–Trinajstić information content (AvgIpc) is 3.22. The first kappa shape index (κ1) is 14.2. The predicted molar refractivity (Wildman–Crippen MR) is 93.7 cm³/mol. The molecular weight excluding hydrogens is 284 g/mol. The number of para-hydroxylation sites is 1. The molecule has 1 aliphatic heterocycles. The molecule has 3 heteroatoms. The summed E-state index contributed by atoms with van der Waals surface area (Å²) in [5.74, 6) is 0.211. The molecule has 23 heavy (non-hydrogen) atoms. The van der Waals surface area contributed by atoms with Crippen molar-refractivity contribution in [1.82, 2.24) is 9.88 Å². The Hall–Kier alpha value is -2.39. The largest absolute Gasteiger partial charge is 0.354 e. The van der Waals surface area contributed by atoms with Gasteiger partial charge in [0.05, 0.1) is 17.8 Å². The third-order valence-corrected chi connectivity index (χ3v) is 4.61. The summed E-state index contributed by atoms with van der Waals surface area (Å²) in [5, 5.41) is 1.02. The van der Waals surface area contributed by atoms with Crippen LogP contribution in [-0.2, 0) is 0 Å². The van der Waals surface area contributed by atoms with Crippen LogP contribution in [0.4, 0.5) is 0 Å². The van der Waals surface area contributed by atoms with Crippen molar-refractivity contribution in [3.63, 3.8) is 0 Å². The summed E-state index contributed by atoms with van der Waals surface area (Å²) >= 11 is 0. The number of rotatable bonds is 4. The standard InChI is InChI=1S/C20H20N2O/c23-18(14-22-12-6-7-13-22)19-16-10-4-5-11-17(16)21-20(19)15-8-2-1-3-9-15/h1-5,8-11,21H,6-7,12-14H2. The van der Waals surface area contributed by atoms with Gasteiger partial charge in [-0.1, -0.05) is 48.5 Å². The zero-order valence-electron chi connectivity index (χ0n) is 13.1. The number of hydrogen-bond donors (Lipinski definition) is 1. The maximum atomic E-state index is 13.0. The molecule has 1 N–H and O–H groups in total. The number of aromatic nitrogens is 1. The van der Waals surface area contributed by atoms with Crippen LogP contribution < -0.4 is 0 Å². The molecule has 0 atom stereocenters. The summed E-state index contributed by atoms with van der Waals surface area (Å²) in [4.78, 5) is 18.7. The monoisotopic (exact) mass is 304 g/mol. The molecule has 0 unspecified atom stereocenters. The molecule has 4 rings (SSSR count). The van der Waals surface area contributed by atoms with Gasteiger partial charge in [0, 0.05) is 10.9 Å². The SMILES string of the molecule is O=C(CN1CCCC1)c1c(-c2ccccc2)[nH]c2ccccc12. The summed E-state index contributed by atoms with van der Waals surface area (Å²) < 4.78 is 0. The Balaban J connectivity index is 1.81. The zero-order chi connectivity index (χ0) is 15.6. The predicted octanol–water partition coefficient (Wildman–Crippen LogP) is 4.11. The summed E-state index contributed by atoms with van der Waals surface area (Å²) in [7, 11) is 0.